The van der Waals surface area contributed by atoms with Crippen molar-refractivity contribution in [2.24, 2.45) is 5.92 Å². The van der Waals surface area contributed by atoms with Crippen LogP contribution in [0.25, 0.3) is 22.3 Å². The van der Waals surface area contributed by atoms with Crippen LogP contribution in [0.2, 0.25) is 0 Å². The molecule has 1 N–H and O–H groups in total. The molecule has 1 aliphatic heterocycles. The Morgan fingerprint density at radius 1 is 1.22 bits per heavy atom. The van der Waals surface area contributed by atoms with Crippen molar-refractivity contribution in [1.29, 1.82) is 0 Å². The van der Waals surface area contributed by atoms with Crippen LogP contribution in [0.15, 0.2) is 41.3 Å². The standard InChI is InChI=1S/C17H18BrN5/c18-14-2-1-3-15-17(14)22-16(9-20-15)13-8-21-23(11-13)10-12-4-6-19-7-5-12/h1-3,8-9,11-12,19H,4-7,10H2. The molecular weight excluding hydrogens is 354 g/mol. The van der Waals surface area contributed by atoms with Crippen molar-refractivity contribution in [2.75, 3.05) is 13.1 Å². The second kappa shape index (κ2) is 6.37. The molecule has 1 saturated heterocycles. The van der Waals surface area contributed by atoms with E-state index in [1.807, 2.05) is 35.3 Å². The van der Waals surface area contributed by atoms with E-state index < -0.39 is 0 Å². The summed E-state index contributed by atoms with van der Waals surface area (Å²) in [4.78, 5) is 9.24. The number of nitrogens with zero attached hydrogens (tertiary/aromatic N) is 4. The quantitative estimate of drug-likeness (QED) is 0.767. The Morgan fingerprint density at radius 3 is 2.96 bits per heavy atom. The van der Waals surface area contributed by atoms with Crippen molar-refractivity contribution >= 4 is 27.0 Å². The Kier molecular flexibility index (Phi) is 4.10. The van der Waals surface area contributed by atoms with Gasteiger partial charge >= 0.3 is 0 Å². The van der Waals surface area contributed by atoms with Crippen molar-refractivity contribution in [2.45, 2.75) is 19.4 Å². The number of hydrogen-bond acceptors (Lipinski definition) is 4. The molecule has 2 aromatic heterocycles. The fourth-order valence-corrected chi connectivity index (χ4v) is 3.51. The van der Waals surface area contributed by atoms with Gasteiger partial charge in [-0.3, -0.25) is 9.67 Å². The van der Waals surface area contributed by atoms with Crippen molar-refractivity contribution < 1.29 is 0 Å². The predicted octanol–water partition coefficient (Wildman–Crippen LogP) is 3.26. The van der Waals surface area contributed by atoms with Gasteiger partial charge in [0.05, 0.1) is 23.6 Å². The van der Waals surface area contributed by atoms with Crippen LogP contribution < -0.4 is 5.32 Å². The third kappa shape index (κ3) is 3.14. The summed E-state index contributed by atoms with van der Waals surface area (Å²) < 4.78 is 3.00. The Morgan fingerprint density at radius 2 is 2.09 bits per heavy atom. The molecular formula is C17H18BrN5. The van der Waals surface area contributed by atoms with Crippen LogP contribution in [0.3, 0.4) is 0 Å². The largest absolute Gasteiger partial charge is 0.317 e. The lowest BCUT2D eigenvalue weighted by Crippen LogP contribution is -2.29. The smallest absolute Gasteiger partial charge is 0.104 e. The van der Waals surface area contributed by atoms with E-state index in [0.717, 1.165) is 46.4 Å². The topological polar surface area (TPSA) is 55.6 Å². The molecule has 0 aliphatic carbocycles. The van der Waals surface area contributed by atoms with Crippen molar-refractivity contribution in [3.63, 3.8) is 0 Å². The van der Waals surface area contributed by atoms with Crippen LogP contribution in [0.4, 0.5) is 0 Å². The number of benzene rings is 1. The van der Waals surface area contributed by atoms with Crippen LogP contribution in [0.5, 0.6) is 0 Å². The molecule has 4 rings (SSSR count). The molecule has 0 amide bonds. The van der Waals surface area contributed by atoms with Gasteiger partial charge in [-0.05, 0) is 59.9 Å². The molecule has 6 heteroatoms. The molecule has 23 heavy (non-hydrogen) atoms. The van der Waals surface area contributed by atoms with E-state index in [4.69, 9.17) is 4.98 Å². The van der Waals surface area contributed by atoms with Gasteiger partial charge in [-0.1, -0.05) is 6.07 Å². The normalized spacial score (nSPS) is 16.0. The molecule has 1 aliphatic rings. The molecule has 5 nitrogen and oxygen atoms in total. The number of nitrogens with one attached hydrogen (secondary N) is 1. The van der Waals surface area contributed by atoms with Crippen LogP contribution >= 0.6 is 15.9 Å². The average Bonchev–Trinajstić information content (AvgIpc) is 3.04. The lowest BCUT2D eigenvalue weighted by Gasteiger charge is -2.22. The first kappa shape index (κ1) is 14.8. The van der Waals surface area contributed by atoms with Gasteiger partial charge in [0.25, 0.3) is 0 Å². The second-order valence-electron chi connectivity index (χ2n) is 6.01. The Bertz CT molecular complexity index is 823. The summed E-state index contributed by atoms with van der Waals surface area (Å²) in [6, 6.07) is 5.93. The Hall–Kier alpha value is -1.79. The fraction of sp³-hybridized carbons (Fsp3) is 0.353. The molecule has 3 heterocycles. The van der Waals surface area contributed by atoms with E-state index in [-0.39, 0.29) is 0 Å². The first-order chi connectivity index (χ1) is 11.3. The summed E-state index contributed by atoms with van der Waals surface area (Å²) in [6.07, 6.45) is 8.22. The van der Waals surface area contributed by atoms with Crippen LogP contribution in [0, 0.1) is 5.92 Å². The maximum absolute atomic E-state index is 4.73. The van der Waals surface area contributed by atoms with Gasteiger partial charge < -0.3 is 5.32 Å². The lowest BCUT2D eigenvalue weighted by atomic mass is 9.98. The van der Waals surface area contributed by atoms with E-state index in [1.165, 1.54) is 12.8 Å². The summed E-state index contributed by atoms with van der Waals surface area (Å²) in [6.45, 7) is 3.21. The number of hydrogen-bond donors (Lipinski definition) is 1. The van der Waals surface area contributed by atoms with E-state index in [0.29, 0.717) is 5.92 Å². The van der Waals surface area contributed by atoms with Gasteiger partial charge in [0.1, 0.15) is 5.52 Å². The zero-order chi connectivity index (χ0) is 15.6. The maximum atomic E-state index is 4.73. The number of fused-ring (bicyclic) bond motifs is 1. The summed E-state index contributed by atoms with van der Waals surface area (Å²) in [5.41, 5.74) is 3.66. The molecule has 0 bridgehead atoms. The predicted molar refractivity (Wildman–Crippen MR) is 94.1 cm³/mol. The van der Waals surface area contributed by atoms with Crippen LogP contribution in [-0.2, 0) is 6.54 Å². The zero-order valence-electron chi connectivity index (χ0n) is 12.7. The van der Waals surface area contributed by atoms with Crippen LogP contribution in [-0.4, -0.2) is 32.8 Å². The summed E-state index contributed by atoms with van der Waals surface area (Å²) in [5.74, 6) is 0.709. The summed E-state index contributed by atoms with van der Waals surface area (Å²) >= 11 is 3.55. The molecule has 0 atom stereocenters. The summed E-state index contributed by atoms with van der Waals surface area (Å²) in [7, 11) is 0. The van der Waals surface area contributed by atoms with Gasteiger partial charge in [0.15, 0.2) is 0 Å². The first-order valence-electron chi connectivity index (χ1n) is 7.94. The monoisotopic (exact) mass is 371 g/mol. The fourth-order valence-electron chi connectivity index (χ4n) is 3.06. The molecule has 0 unspecified atom stereocenters. The highest BCUT2D eigenvalue weighted by Gasteiger charge is 2.14. The third-order valence-corrected chi connectivity index (χ3v) is 5.00. The molecule has 0 radical (unpaired) electrons. The average molecular weight is 372 g/mol. The zero-order valence-corrected chi connectivity index (χ0v) is 14.3. The maximum Gasteiger partial charge on any atom is 0.104 e. The first-order valence-corrected chi connectivity index (χ1v) is 8.74. The van der Waals surface area contributed by atoms with Crippen molar-refractivity contribution in [3.05, 3.63) is 41.3 Å². The molecule has 0 saturated carbocycles. The Balaban J connectivity index is 1.59. The summed E-state index contributed by atoms with van der Waals surface area (Å²) in [5, 5.41) is 7.91. The number of halogens is 1. The molecule has 118 valence electrons. The molecule has 3 aromatic rings. The lowest BCUT2D eigenvalue weighted by molar-refractivity contribution is 0.321. The number of rotatable bonds is 3. The van der Waals surface area contributed by atoms with E-state index in [2.05, 4.69) is 37.5 Å². The van der Waals surface area contributed by atoms with E-state index >= 15 is 0 Å². The van der Waals surface area contributed by atoms with E-state index in [1.54, 1.807) is 0 Å². The molecule has 1 fully saturated rings. The van der Waals surface area contributed by atoms with Crippen molar-refractivity contribution in [3.8, 4) is 11.3 Å². The highest BCUT2D eigenvalue weighted by Crippen LogP contribution is 2.24. The van der Waals surface area contributed by atoms with Gasteiger partial charge in [0.2, 0.25) is 0 Å². The SMILES string of the molecule is Brc1cccc2ncc(-c3cnn(CC4CCNCC4)c3)nc12. The van der Waals surface area contributed by atoms with Gasteiger partial charge in [-0.25, -0.2) is 4.98 Å². The second-order valence-corrected chi connectivity index (χ2v) is 6.86. The van der Waals surface area contributed by atoms with E-state index in [9.17, 15) is 0 Å². The highest BCUT2D eigenvalue weighted by atomic mass is 79.9. The highest BCUT2D eigenvalue weighted by molar-refractivity contribution is 9.10. The van der Waals surface area contributed by atoms with Crippen molar-refractivity contribution in [1.82, 2.24) is 25.1 Å². The minimum Gasteiger partial charge on any atom is -0.317 e. The molecule has 1 aromatic carbocycles. The Labute approximate surface area is 143 Å². The van der Waals surface area contributed by atoms with Gasteiger partial charge in [-0.15, -0.1) is 0 Å². The third-order valence-electron chi connectivity index (χ3n) is 4.36. The minimum absolute atomic E-state index is 0.709. The number of piperidine rings is 1. The minimum atomic E-state index is 0.709. The van der Waals surface area contributed by atoms with Gasteiger partial charge in [0, 0.05) is 22.8 Å². The number of aromatic nitrogens is 4. The molecule has 0 spiro atoms. The van der Waals surface area contributed by atoms with Gasteiger partial charge in [-0.2, -0.15) is 5.10 Å². The number of para-hydroxylation sites is 1. The van der Waals surface area contributed by atoms with Crippen LogP contribution in [0.1, 0.15) is 12.8 Å².